The Kier molecular flexibility index (Phi) is 5.64. The summed E-state index contributed by atoms with van der Waals surface area (Å²) in [4.78, 5) is 29.0. The topological polar surface area (TPSA) is 82.5 Å². The van der Waals surface area contributed by atoms with E-state index in [0.29, 0.717) is 5.69 Å². The highest BCUT2D eigenvalue weighted by atomic mass is 16.4. The van der Waals surface area contributed by atoms with E-state index in [1.54, 1.807) is 6.92 Å². The molecule has 2 N–H and O–H groups in total. The fourth-order valence-corrected chi connectivity index (χ4v) is 1.74. The number of carboxylic acid groups (broad SMARTS) is 1. The van der Waals surface area contributed by atoms with Gasteiger partial charge in [0.25, 0.3) is 5.91 Å². The molecule has 6 nitrogen and oxygen atoms in total. The number of hydrogen-bond donors (Lipinski definition) is 2. The lowest BCUT2D eigenvalue weighted by atomic mass is 10.1. The van der Waals surface area contributed by atoms with Crippen LogP contribution in [0.2, 0.25) is 0 Å². The Bertz CT molecular complexity index is 500. The number of pyridine rings is 1. The number of nitrogens with one attached hydrogen (secondary N) is 1. The number of aromatic nitrogens is 1. The van der Waals surface area contributed by atoms with Crippen LogP contribution in [-0.2, 0) is 0 Å². The molecule has 1 aromatic heterocycles. The van der Waals surface area contributed by atoms with Crippen molar-refractivity contribution in [2.45, 2.75) is 26.3 Å². The largest absolute Gasteiger partial charge is 0.478 e. The summed E-state index contributed by atoms with van der Waals surface area (Å²) in [5.41, 5.74) is 0.692. The van der Waals surface area contributed by atoms with E-state index in [1.165, 1.54) is 12.1 Å². The first-order valence-electron chi connectivity index (χ1n) is 6.47. The Hall–Kier alpha value is -1.95. The van der Waals surface area contributed by atoms with Crippen molar-refractivity contribution in [2.24, 2.45) is 0 Å². The number of hydrogen-bond acceptors (Lipinski definition) is 4. The highest BCUT2D eigenvalue weighted by molar-refractivity contribution is 5.94. The summed E-state index contributed by atoms with van der Waals surface area (Å²) in [6, 6.07) is 2.88. The number of carboxylic acids is 1. The van der Waals surface area contributed by atoms with Gasteiger partial charge in [-0.25, -0.2) is 9.78 Å². The van der Waals surface area contributed by atoms with Crippen molar-refractivity contribution in [3.63, 3.8) is 0 Å². The van der Waals surface area contributed by atoms with Gasteiger partial charge in [0.15, 0.2) is 0 Å². The van der Waals surface area contributed by atoms with Crippen LogP contribution in [0.5, 0.6) is 0 Å². The molecular weight excluding hydrogens is 258 g/mol. The SMILES string of the molecule is Cc1nc(C(=O)NC(C)CCN(C)C)ccc1C(=O)O. The van der Waals surface area contributed by atoms with Gasteiger partial charge in [-0.1, -0.05) is 0 Å². The molecule has 0 aliphatic heterocycles. The van der Waals surface area contributed by atoms with Crippen LogP contribution in [0.15, 0.2) is 12.1 Å². The molecule has 0 radical (unpaired) electrons. The summed E-state index contributed by atoms with van der Waals surface area (Å²) < 4.78 is 0. The van der Waals surface area contributed by atoms with E-state index in [2.05, 4.69) is 10.3 Å². The first-order valence-corrected chi connectivity index (χ1v) is 6.47. The average molecular weight is 279 g/mol. The minimum absolute atomic E-state index is 0.0335. The van der Waals surface area contributed by atoms with Gasteiger partial charge in [0.2, 0.25) is 0 Å². The van der Waals surface area contributed by atoms with E-state index in [-0.39, 0.29) is 23.2 Å². The minimum Gasteiger partial charge on any atom is -0.478 e. The van der Waals surface area contributed by atoms with E-state index < -0.39 is 5.97 Å². The Morgan fingerprint density at radius 3 is 2.55 bits per heavy atom. The molecule has 0 saturated heterocycles. The molecule has 110 valence electrons. The standard InChI is InChI=1S/C14H21N3O3/c1-9(7-8-17(3)4)15-13(18)12-6-5-11(14(19)20)10(2)16-12/h5-6,9H,7-8H2,1-4H3,(H,15,18)(H,19,20). The average Bonchev–Trinajstić information content (AvgIpc) is 2.35. The molecule has 20 heavy (non-hydrogen) atoms. The van der Waals surface area contributed by atoms with E-state index in [1.807, 2.05) is 25.9 Å². The smallest absolute Gasteiger partial charge is 0.337 e. The first kappa shape index (κ1) is 16.1. The van der Waals surface area contributed by atoms with Crippen molar-refractivity contribution in [1.82, 2.24) is 15.2 Å². The highest BCUT2D eigenvalue weighted by Gasteiger charge is 2.14. The molecule has 1 unspecified atom stereocenters. The second kappa shape index (κ2) is 7.00. The molecule has 0 fully saturated rings. The second-order valence-corrected chi connectivity index (χ2v) is 5.10. The summed E-state index contributed by atoms with van der Waals surface area (Å²) in [5, 5.41) is 11.8. The van der Waals surface area contributed by atoms with Gasteiger partial charge >= 0.3 is 5.97 Å². The van der Waals surface area contributed by atoms with Crippen LogP contribution in [0.4, 0.5) is 0 Å². The normalized spacial score (nSPS) is 12.2. The van der Waals surface area contributed by atoms with Crippen molar-refractivity contribution < 1.29 is 14.7 Å². The predicted molar refractivity (Wildman–Crippen MR) is 76.0 cm³/mol. The number of amides is 1. The molecule has 0 bridgehead atoms. The third kappa shape index (κ3) is 4.62. The minimum atomic E-state index is -1.04. The van der Waals surface area contributed by atoms with Crippen LogP contribution in [0, 0.1) is 6.92 Å². The van der Waals surface area contributed by atoms with Crippen LogP contribution in [0.3, 0.4) is 0 Å². The maximum atomic E-state index is 12.0. The molecule has 0 aliphatic rings. The summed E-state index contributed by atoms with van der Waals surface area (Å²) in [5.74, 6) is -1.32. The number of rotatable bonds is 6. The van der Waals surface area contributed by atoms with Gasteiger partial charge in [-0.2, -0.15) is 0 Å². The molecule has 1 rings (SSSR count). The van der Waals surface area contributed by atoms with Gasteiger partial charge in [0.05, 0.1) is 11.3 Å². The van der Waals surface area contributed by atoms with Gasteiger partial charge in [0, 0.05) is 6.04 Å². The molecule has 1 amide bonds. The molecule has 0 spiro atoms. The number of aryl methyl sites for hydroxylation is 1. The van der Waals surface area contributed by atoms with Crippen LogP contribution in [0.1, 0.15) is 39.9 Å². The fourth-order valence-electron chi connectivity index (χ4n) is 1.74. The lowest BCUT2D eigenvalue weighted by Crippen LogP contribution is -2.35. The van der Waals surface area contributed by atoms with E-state index in [9.17, 15) is 9.59 Å². The third-order valence-electron chi connectivity index (χ3n) is 2.94. The monoisotopic (exact) mass is 279 g/mol. The maximum absolute atomic E-state index is 12.0. The molecule has 1 heterocycles. The molecule has 0 aromatic carbocycles. The van der Waals surface area contributed by atoms with Crippen molar-refractivity contribution in [3.05, 3.63) is 29.1 Å². The fraction of sp³-hybridized carbons (Fsp3) is 0.500. The van der Waals surface area contributed by atoms with Gasteiger partial charge in [-0.3, -0.25) is 4.79 Å². The molecular formula is C14H21N3O3. The first-order chi connectivity index (χ1) is 9.31. The highest BCUT2D eigenvalue weighted by Crippen LogP contribution is 2.07. The van der Waals surface area contributed by atoms with Crippen molar-refractivity contribution in [3.8, 4) is 0 Å². The molecule has 1 aromatic rings. The summed E-state index contributed by atoms with van der Waals surface area (Å²) in [7, 11) is 3.95. The zero-order valence-electron chi connectivity index (χ0n) is 12.3. The Labute approximate surface area is 118 Å². The third-order valence-corrected chi connectivity index (χ3v) is 2.94. The second-order valence-electron chi connectivity index (χ2n) is 5.10. The predicted octanol–water partition coefficient (Wildman–Crippen LogP) is 1.16. The van der Waals surface area contributed by atoms with Crippen LogP contribution in [0.25, 0.3) is 0 Å². The van der Waals surface area contributed by atoms with Crippen LogP contribution >= 0.6 is 0 Å². The van der Waals surface area contributed by atoms with E-state index in [0.717, 1.165) is 13.0 Å². The van der Waals surface area contributed by atoms with Crippen LogP contribution in [-0.4, -0.2) is 53.5 Å². The van der Waals surface area contributed by atoms with Gasteiger partial charge in [-0.05, 0) is 53.0 Å². The van der Waals surface area contributed by atoms with Crippen molar-refractivity contribution >= 4 is 11.9 Å². The number of carbonyl (C=O) groups excluding carboxylic acids is 1. The zero-order chi connectivity index (χ0) is 15.3. The van der Waals surface area contributed by atoms with Gasteiger partial charge < -0.3 is 15.3 Å². The summed E-state index contributed by atoms with van der Waals surface area (Å²) in [6.07, 6.45) is 0.838. The number of carbonyl (C=O) groups is 2. The summed E-state index contributed by atoms with van der Waals surface area (Å²) >= 11 is 0. The van der Waals surface area contributed by atoms with E-state index in [4.69, 9.17) is 5.11 Å². The molecule has 0 aliphatic carbocycles. The lowest BCUT2D eigenvalue weighted by molar-refractivity contribution is 0.0694. The Morgan fingerprint density at radius 2 is 2.05 bits per heavy atom. The lowest BCUT2D eigenvalue weighted by Gasteiger charge is -2.16. The Balaban J connectivity index is 2.68. The molecule has 1 atom stereocenters. The maximum Gasteiger partial charge on any atom is 0.337 e. The Morgan fingerprint density at radius 1 is 1.40 bits per heavy atom. The zero-order valence-corrected chi connectivity index (χ0v) is 12.3. The van der Waals surface area contributed by atoms with Crippen molar-refractivity contribution in [2.75, 3.05) is 20.6 Å². The number of nitrogens with zero attached hydrogens (tertiary/aromatic N) is 2. The number of aromatic carboxylic acids is 1. The van der Waals surface area contributed by atoms with E-state index >= 15 is 0 Å². The van der Waals surface area contributed by atoms with Crippen molar-refractivity contribution in [1.29, 1.82) is 0 Å². The molecule has 6 heteroatoms. The summed E-state index contributed by atoms with van der Waals surface area (Å²) in [6.45, 7) is 4.39. The quantitative estimate of drug-likeness (QED) is 0.816. The van der Waals surface area contributed by atoms with Gasteiger partial charge in [-0.15, -0.1) is 0 Å². The van der Waals surface area contributed by atoms with Gasteiger partial charge in [0.1, 0.15) is 5.69 Å². The molecule has 0 saturated carbocycles. The van der Waals surface area contributed by atoms with Crippen LogP contribution < -0.4 is 5.32 Å².